The maximum absolute atomic E-state index is 13.0. The van der Waals surface area contributed by atoms with Crippen molar-refractivity contribution in [3.63, 3.8) is 0 Å². The third kappa shape index (κ3) is 5.19. The summed E-state index contributed by atoms with van der Waals surface area (Å²) in [5.41, 5.74) is 3.88. The fourth-order valence-corrected chi connectivity index (χ4v) is 3.83. The predicted octanol–water partition coefficient (Wildman–Crippen LogP) is 4.79. The number of thioether (sulfide) groups is 1. The monoisotopic (exact) mass is 432 g/mol. The summed E-state index contributed by atoms with van der Waals surface area (Å²) >= 11 is 1.32. The van der Waals surface area contributed by atoms with Crippen LogP contribution in [0.5, 0.6) is 0 Å². The van der Waals surface area contributed by atoms with E-state index in [1.54, 1.807) is 12.1 Å². The van der Waals surface area contributed by atoms with Crippen LogP contribution in [0.25, 0.3) is 17.1 Å². The number of hydrogen-bond donors (Lipinski definition) is 1. The van der Waals surface area contributed by atoms with Gasteiger partial charge in [0.25, 0.3) is 0 Å². The van der Waals surface area contributed by atoms with Crippen molar-refractivity contribution in [1.82, 2.24) is 20.1 Å². The molecule has 1 amide bonds. The number of aryl methyl sites for hydroxylation is 1. The number of nitrogens with zero attached hydrogens (tertiary/aromatic N) is 3. The number of halogens is 1. The Hall–Kier alpha value is -3.45. The van der Waals surface area contributed by atoms with Gasteiger partial charge >= 0.3 is 0 Å². The number of benzene rings is 3. The molecule has 4 aromatic rings. The van der Waals surface area contributed by atoms with Crippen LogP contribution in [0.15, 0.2) is 84.0 Å². The quantitative estimate of drug-likeness (QED) is 0.427. The number of aromatic nitrogens is 3. The lowest BCUT2D eigenvalue weighted by Gasteiger charge is -2.11. The molecule has 4 rings (SSSR count). The maximum atomic E-state index is 13.0. The van der Waals surface area contributed by atoms with Crippen LogP contribution < -0.4 is 5.32 Å². The van der Waals surface area contributed by atoms with Gasteiger partial charge in [0.15, 0.2) is 11.0 Å². The molecule has 5 nitrogen and oxygen atoms in total. The standard InChI is InChI=1S/C24H21FN4OS/c1-17-7-13-21(14-8-17)29-23(19-5-3-2-4-6-19)27-28-24(29)31-16-22(30)26-15-18-9-11-20(25)12-10-18/h2-14H,15-16H2,1H3,(H,26,30). The van der Waals surface area contributed by atoms with Crippen molar-refractivity contribution in [1.29, 1.82) is 0 Å². The highest BCUT2D eigenvalue weighted by molar-refractivity contribution is 7.99. The van der Waals surface area contributed by atoms with Gasteiger partial charge in [-0.3, -0.25) is 9.36 Å². The third-order valence-corrected chi connectivity index (χ3v) is 5.62. The van der Waals surface area contributed by atoms with Gasteiger partial charge in [0.05, 0.1) is 5.75 Å². The summed E-state index contributed by atoms with van der Waals surface area (Å²) in [7, 11) is 0. The lowest BCUT2D eigenvalue weighted by Crippen LogP contribution is -2.24. The summed E-state index contributed by atoms with van der Waals surface area (Å²) in [6.07, 6.45) is 0. The number of hydrogen-bond acceptors (Lipinski definition) is 4. The summed E-state index contributed by atoms with van der Waals surface area (Å²) in [4.78, 5) is 12.4. The van der Waals surface area contributed by atoms with Crippen molar-refractivity contribution < 1.29 is 9.18 Å². The Morgan fingerprint density at radius 1 is 0.968 bits per heavy atom. The van der Waals surface area contributed by atoms with E-state index in [-0.39, 0.29) is 17.5 Å². The number of amides is 1. The van der Waals surface area contributed by atoms with Gasteiger partial charge in [0, 0.05) is 17.8 Å². The molecular weight excluding hydrogens is 411 g/mol. The summed E-state index contributed by atoms with van der Waals surface area (Å²) in [6, 6.07) is 24.0. The van der Waals surface area contributed by atoms with E-state index in [1.807, 2.05) is 66.1 Å². The molecule has 3 aromatic carbocycles. The molecule has 156 valence electrons. The summed E-state index contributed by atoms with van der Waals surface area (Å²) in [5.74, 6) is 0.489. The van der Waals surface area contributed by atoms with Crippen LogP contribution in [0, 0.1) is 12.7 Å². The largest absolute Gasteiger partial charge is 0.351 e. The van der Waals surface area contributed by atoms with E-state index in [1.165, 1.54) is 23.9 Å². The Morgan fingerprint density at radius 2 is 1.68 bits per heavy atom. The predicted molar refractivity (Wildman–Crippen MR) is 121 cm³/mol. The van der Waals surface area contributed by atoms with E-state index in [0.717, 1.165) is 28.2 Å². The van der Waals surface area contributed by atoms with E-state index in [4.69, 9.17) is 0 Å². The number of rotatable bonds is 7. The van der Waals surface area contributed by atoms with E-state index < -0.39 is 0 Å². The zero-order chi connectivity index (χ0) is 21.6. The van der Waals surface area contributed by atoms with Gasteiger partial charge in [-0.25, -0.2) is 4.39 Å². The second-order valence-corrected chi connectivity index (χ2v) is 7.98. The summed E-state index contributed by atoms with van der Waals surface area (Å²) < 4.78 is 15.0. The molecule has 0 aliphatic rings. The van der Waals surface area contributed by atoms with Crippen LogP contribution in [-0.2, 0) is 11.3 Å². The molecule has 1 heterocycles. The van der Waals surface area contributed by atoms with Crippen molar-refractivity contribution in [3.8, 4) is 17.1 Å². The highest BCUT2D eigenvalue weighted by Gasteiger charge is 2.17. The van der Waals surface area contributed by atoms with E-state index in [0.29, 0.717) is 11.7 Å². The second kappa shape index (κ2) is 9.57. The van der Waals surface area contributed by atoms with Crippen molar-refractivity contribution in [3.05, 3.63) is 95.8 Å². The number of carbonyl (C=O) groups excluding carboxylic acids is 1. The molecule has 0 fully saturated rings. The lowest BCUT2D eigenvalue weighted by molar-refractivity contribution is -0.118. The summed E-state index contributed by atoms with van der Waals surface area (Å²) in [5, 5.41) is 12.2. The van der Waals surface area contributed by atoms with E-state index in [2.05, 4.69) is 15.5 Å². The summed E-state index contributed by atoms with van der Waals surface area (Å²) in [6.45, 7) is 2.38. The highest BCUT2D eigenvalue weighted by Crippen LogP contribution is 2.28. The molecular formula is C24H21FN4OS. The fourth-order valence-electron chi connectivity index (χ4n) is 3.05. The van der Waals surface area contributed by atoms with E-state index >= 15 is 0 Å². The Kier molecular flexibility index (Phi) is 6.43. The van der Waals surface area contributed by atoms with Gasteiger partial charge in [-0.2, -0.15) is 0 Å². The molecule has 0 radical (unpaired) electrons. The molecule has 31 heavy (non-hydrogen) atoms. The molecule has 1 aromatic heterocycles. The number of nitrogens with one attached hydrogen (secondary N) is 1. The molecule has 0 aliphatic heterocycles. The highest BCUT2D eigenvalue weighted by atomic mass is 32.2. The third-order valence-electron chi connectivity index (χ3n) is 4.69. The van der Waals surface area contributed by atoms with Crippen LogP contribution >= 0.6 is 11.8 Å². The van der Waals surface area contributed by atoms with Crippen LogP contribution in [-0.4, -0.2) is 26.4 Å². The molecule has 1 N–H and O–H groups in total. The van der Waals surface area contributed by atoms with E-state index in [9.17, 15) is 9.18 Å². The van der Waals surface area contributed by atoms with Crippen LogP contribution in [0.2, 0.25) is 0 Å². The normalized spacial score (nSPS) is 10.8. The minimum atomic E-state index is -0.296. The zero-order valence-corrected chi connectivity index (χ0v) is 17.8. The Bertz CT molecular complexity index is 1160. The molecule has 0 saturated carbocycles. The first-order chi connectivity index (χ1) is 15.1. The smallest absolute Gasteiger partial charge is 0.230 e. The maximum Gasteiger partial charge on any atom is 0.230 e. The average Bonchev–Trinajstić information content (AvgIpc) is 3.22. The SMILES string of the molecule is Cc1ccc(-n2c(SCC(=O)NCc3ccc(F)cc3)nnc2-c2ccccc2)cc1. The Morgan fingerprint density at radius 3 is 2.39 bits per heavy atom. The molecule has 7 heteroatoms. The van der Waals surface area contributed by atoms with Gasteiger partial charge in [-0.1, -0.05) is 71.9 Å². The van der Waals surface area contributed by atoms with Gasteiger partial charge < -0.3 is 5.32 Å². The Labute approximate surface area is 184 Å². The molecule has 0 unspecified atom stereocenters. The minimum absolute atomic E-state index is 0.131. The van der Waals surface area contributed by atoms with Gasteiger partial charge in [-0.05, 0) is 36.8 Å². The molecule has 0 spiro atoms. The average molecular weight is 433 g/mol. The van der Waals surface area contributed by atoms with Crippen molar-refractivity contribution in [2.24, 2.45) is 0 Å². The lowest BCUT2D eigenvalue weighted by atomic mass is 10.2. The van der Waals surface area contributed by atoms with Crippen molar-refractivity contribution in [2.45, 2.75) is 18.6 Å². The van der Waals surface area contributed by atoms with Crippen molar-refractivity contribution >= 4 is 17.7 Å². The first kappa shape index (κ1) is 20.8. The zero-order valence-electron chi connectivity index (χ0n) is 17.0. The topological polar surface area (TPSA) is 59.8 Å². The van der Waals surface area contributed by atoms with Crippen LogP contribution in [0.1, 0.15) is 11.1 Å². The second-order valence-electron chi connectivity index (χ2n) is 7.04. The first-order valence-corrected chi connectivity index (χ1v) is 10.8. The number of carbonyl (C=O) groups is 1. The minimum Gasteiger partial charge on any atom is -0.351 e. The van der Waals surface area contributed by atoms with Gasteiger partial charge in [0.1, 0.15) is 5.82 Å². The molecule has 0 atom stereocenters. The van der Waals surface area contributed by atoms with Gasteiger partial charge in [-0.15, -0.1) is 10.2 Å². The van der Waals surface area contributed by atoms with Gasteiger partial charge in [0.2, 0.25) is 5.91 Å². The van der Waals surface area contributed by atoms with Crippen LogP contribution in [0.3, 0.4) is 0 Å². The Balaban J connectivity index is 1.51. The molecule has 0 bridgehead atoms. The fraction of sp³-hybridized carbons (Fsp3) is 0.125. The molecule has 0 saturated heterocycles. The van der Waals surface area contributed by atoms with Crippen LogP contribution in [0.4, 0.5) is 4.39 Å². The van der Waals surface area contributed by atoms with Crippen molar-refractivity contribution in [2.75, 3.05) is 5.75 Å². The first-order valence-electron chi connectivity index (χ1n) is 9.82. The molecule has 0 aliphatic carbocycles.